The van der Waals surface area contributed by atoms with Crippen LogP contribution in [0.15, 0.2) is 6.08 Å². The third-order valence-electron chi connectivity index (χ3n) is 4.04. The Hall–Kier alpha value is -1.08. The van der Waals surface area contributed by atoms with Crippen LogP contribution in [-0.4, -0.2) is 52.9 Å². The highest BCUT2D eigenvalue weighted by atomic mass is 35.5. The van der Waals surface area contributed by atoms with Gasteiger partial charge < -0.3 is 15.4 Å². The van der Waals surface area contributed by atoms with E-state index in [-0.39, 0.29) is 24.4 Å². The van der Waals surface area contributed by atoms with Gasteiger partial charge in [-0.1, -0.05) is 11.6 Å². The first-order valence-electron chi connectivity index (χ1n) is 8.00. The molecule has 1 aromatic rings. The molecule has 0 aromatic carbocycles. The molecule has 0 bridgehead atoms. The predicted octanol–water partition coefficient (Wildman–Crippen LogP) is 2.17. The van der Waals surface area contributed by atoms with Gasteiger partial charge in [0.2, 0.25) is 5.91 Å². The van der Waals surface area contributed by atoms with Crippen LogP contribution in [0.4, 0.5) is 0 Å². The normalized spacial score (nSPS) is 15.8. The lowest BCUT2D eigenvalue weighted by Crippen LogP contribution is -2.40. The molecule has 1 saturated heterocycles. The van der Waals surface area contributed by atoms with Gasteiger partial charge in [-0.25, -0.2) is 0 Å². The molecule has 1 amide bonds. The molecule has 0 saturated carbocycles. The molecule has 0 radical (unpaired) electrons. The second-order valence-corrected chi connectivity index (χ2v) is 6.14. The molecule has 1 fully saturated rings. The second-order valence-electron chi connectivity index (χ2n) is 5.78. The summed E-state index contributed by atoms with van der Waals surface area (Å²) in [4.78, 5) is 14.1. The van der Waals surface area contributed by atoms with Gasteiger partial charge in [-0.05, 0) is 38.8 Å². The Labute approximate surface area is 154 Å². The predicted molar refractivity (Wildman–Crippen MR) is 98.5 cm³/mol. The number of carbonyl (C=O) groups excluding carboxylic acids is 1. The van der Waals surface area contributed by atoms with Crippen molar-refractivity contribution in [3.8, 4) is 0 Å². The molecule has 6 nitrogen and oxygen atoms in total. The van der Waals surface area contributed by atoms with Crippen LogP contribution in [0.1, 0.15) is 30.5 Å². The number of rotatable bonds is 6. The van der Waals surface area contributed by atoms with Crippen molar-refractivity contribution in [2.45, 2.75) is 32.3 Å². The fraction of sp³-hybridized carbons (Fsp3) is 0.625. The van der Waals surface area contributed by atoms with E-state index in [1.165, 1.54) is 0 Å². The zero-order chi connectivity index (χ0) is 16.8. The lowest BCUT2D eigenvalue weighted by Gasteiger charge is -2.31. The summed E-state index contributed by atoms with van der Waals surface area (Å²) in [5, 5.41) is 4.77. The van der Waals surface area contributed by atoms with Gasteiger partial charge in [-0.3, -0.25) is 9.48 Å². The van der Waals surface area contributed by atoms with E-state index in [0.29, 0.717) is 18.3 Å². The molecular formula is C16H26Cl2N4O2. The van der Waals surface area contributed by atoms with E-state index in [1.54, 1.807) is 23.9 Å². The number of amides is 1. The molecule has 1 aliphatic rings. The van der Waals surface area contributed by atoms with E-state index in [4.69, 9.17) is 22.1 Å². The maximum absolute atomic E-state index is 12.3. The standard InChI is InChI=1S/C16H25ClN4O2.ClH/c1-12-14(16(17)20(2)19-12)4-5-15(22)21-9-6-13(7-10-21)23-11-3-8-18;/h4-5,13H,3,6-11,18H2,1-2H3;1H. The monoisotopic (exact) mass is 376 g/mol. The van der Waals surface area contributed by atoms with Crippen molar-refractivity contribution in [2.75, 3.05) is 26.2 Å². The third kappa shape index (κ3) is 5.48. The summed E-state index contributed by atoms with van der Waals surface area (Å²) in [6.45, 7) is 4.67. The van der Waals surface area contributed by atoms with Crippen LogP contribution >= 0.6 is 24.0 Å². The van der Waals surface area contributed by atoms with Crippen molar-refractivity contribution in [1.29, 1.82) is 0 Å². The molecule has 0 atom stereocenters. The number of nitrogens with two attached hydrogens (primary N) is 1. The summed E-state index contributed by atoms with van der Waals surface area (Å²) in [6.07, 6.45) is 6.19. The van der Waals surface area contributed by atoms with Crippen LogP contribution in [0.25, 0.3) is 6.08 Å². The summed E-state index contributed by atoms with van der Waals surface area (Å²) < 4.78 is 7.35. The minimum absolute atomic E-state index is 0. The van der Waals surface area contributed by atoms with E-state index in [1.807, 2.05) is 11.8 Å². The maximum Gasteiger partial charge on any atom is 0.246 e. The average Bonchev–Trinajstić information content (AvgIpc) is 2.79. The summed E-state index contributed by atoms with van der Waals surface area (Å²) in [5.74, 6) is 0.00438. The molecular weight excluding hydrogens is 351 g/mol. The minimum atomic E-state index is 0. The lowest BCUT2D eigenvalue weighted by molar-refractivity contribution is -0.128. The van der Waals surface area contributed by atoms with E-state index < -0.39 is 0 Å². The van der Waals surface area contributed by atoms with Gasteiger partial charge in [-0.2, -0.15) is 5.10 Å². The van der Waals surface area contributed by atoms with E-state index >= 15 is 0 Å². The number of ether oxygens (including phenoxy) is 1. The van der Waals surface area contributed by atoms with Gasteiger partial charge in [0.05, 0.1) is 11.8 Å². The molecule has 1 aromatic heterocycles. The minimum Gasteiger partial charge on any atom is -0.378 e. The Morgan fingerprint density at radius 3 is 2.67 bits per heavy atom. The highest BCUT2D eigenvalue weighted by Crippen LogP contribution is 2.20. The van der Waals surface area contributed by atoms with Crippen molar-refractivity contribution in [1.82, 2.24) is 14.7 Å². The Morgan fingerprint density at radius 1 is 1.46 bits per heavy atom. The van der Waals surface area contributed by atoms with E-state index in [0.717, 1.165) is 43.6 Å². The fourth-order valence-electron chi connectivity index (χ4n) is 2.67. The largest absolute Gasteiger partial charge is 0.378 e. The summed E-state index contributed by atoms with van der Waals surface area (Å²) >= 11 is 6.16. The Kier molecular flexibility index (Phi) is 8.76. The quantitative estimate of drug-likeness (QED) is 0.609. The zero-order valence-corrected chi connectivity index (χ0v) is 15.8. The van der Waals surface area contributed by atoms with Gasteiger partial charge in [0.1, 0.15) is 5.15 Å². The van der Waals surface area contributed by atoms with Crippen LogP contribution in [0.2, 0.25) is 5.15 Å². The van der Waals surface area contributed by atoms with Gasteiger partial charge in [0, 0.05) is 38.4 Å². The highest BCUT2D eigenvalue weighted by molar-refractivity contribution is 6.31. The molecule has 136 valence electrons. The zero-order valence-electron chi connectivity index (χ0n) is 14.2. The topological polar surface area (TPSA) is 73.4 Å². The first-order valence-corrected chi connectivity index (χ1v) is 8.38. The van der Waals surface area contributed by atoms with Crippen LogP contribution in [0.5, 0.6) is 0 Å². The summed E-state index contributed by atoms with van der Waals surface area (Å²) in [5.41, 5.74) is 7.06. The van der Waals surface area contributed by atoms with Gasteiger partial charge in [0.25, 0.3) is 0 Å². The van der Waals surface area contributed by atoms with E-state index in [2.05, 4.69) is 5.10 Å². The SMILES string of the molecule is Cc1nn(C)c(Cl)c1C=CC(=O)N1CCC(OCCCN)CC1.Cl. The number of nitrogens with zero attached hydrogens (tertiary/aromatic N) is 3. The Balaban J connectivity index is 0.00000288. The van der Waals surface area contributed by atoms with Crippen LogP contribution in [-0.2, 0) is 16.6 Å². The molecule has 8 heteroatoms. The smallest absolute Gasteiger partial charge is 0.246 e. The van der Waals surface area contributed by atoms with Crippen molar-refractivity contribution < 1.29 is 9.53 Å². The first-order chi connectivity index (χ1) is 11.0. The number of piperidine rings is 1. The van der Waals surface area contributed by atoms with Gasteiger partial charge >= 0.3 is 0 Å². The van der Waals surface area contributed by atoms with Crippen LogP contribution in [0.3, 0.4) is 0 Å². The van der Waals surface area contributed by atoms with Crippen LogP contribution < -0.4 is 5.73 Å². The highest BCUT2D eigenvalue weighted by Gasteiger charge is 2.22. The van der Waals surface area contributed by atoms with Gasteiger partial charge in [-0.15, -0.1) is 12.4 Å². The number of aryl methyl sites for hydroxylation is 2. The third-order valence-corrected chi connectivity index (χ3v) is 4.49. The number of hydrogen-bond acceptors (Lipinski definition) is 4. The molecule has 24 heavy (non-hydrogen) atoms. The maximum atomic E-state index is 12.3. The van der Waals surface area contributed by atoms with E-state index in [9.17, 15) is 4.79 Å². The number of halogens is 2. The molecule has 1 aliphatic heterocycles. The number of likely N-dealkylation sites (tertiary alicyclic amines) is 1. The Morgan fingerprint density at radius 2 is 2.12 bits per heavy atom. The molecule has 0 aliphatic carbocycles. The van der Waals surface area contributed by atoms with Crippen LogP contribution in [0, 0.1) is 6.92 Å². The molecule has 2 heterocycles. The molecule has 2 rings (SSSR count). The first kappa shape index (κ1) is 21.0. The fourth-order valence-corrected chi connectivity index (χ4v) is 2.91. The average molecular weight is 377 g/mol. The van der Waals surface area contributed by atoms with Crippen molar-refractivity contribution in [3.05, 3.63) is 22.5 Å². The van der Waals surface area contributed by atoms with Crippen molar-refractivity contribution in [3.63, 3.8) is 0 Å². The number of carbonyl (C=O) groups is 1. The number of hydrogen-bond donors (Lipinski definition) is 1. The van der Waals surface area contributed by atoms with Gasteiger partial charge in [0.15, 0.2) is 0 Å². The van der Waals surface area contributed by atoms with Crippen molar-refractivity contribution >= 4 is 36.0 Å². The molecule has 0 unspecified atom stereocenters. The molecule has 0 spiro atoms. The number of aromatic nitrogens is 2. The second kappa shape index (κ2) is 10.0. The van der Waals surface area contributed by atoms with Crippen molar-refractivity contribution in [2.24, 2.45) is 12.8 Å². The summed E-state index contributed by atoms with van der Waals surface area (Å²) in [7, 11) is 1.78. The molecule has 2 N–H and O–H groups in total. The Bertz CT molecular complexity index is 567. The lowest BCUT2D eigenvalue weighted by atomic mass is 10.1. The summed E-state index contributed by atoms with van der Waals surface area (Å²) in [6, 6.07) is 0.